The van der Waals surface area contributed by atoms with Crippen LogP contribution in [0.15, 0.2) is 29.1 Å². The van der Waals surface area contributed by atoms with Crippen molar-refractivity contribution < 1.29 is 4.79 Å². The molecule has 0 atom stereocenters. The van der Waals surface area contributed by atoms with Gasteiger partial charge in [0.1, 0.15) is 0 Å². The molecule has 1 saturated carbocycles. The number of carbonyl (C=O) groups excluding carboxylic acids is 1. The van der Waals surface area contributed by atoms with E-state index < -0.39 is 0 Å². The molecule has 0 aliphatic heterocycles. The predicted octanol–water partition coefficient (Wildman–Crippen LogP) is 4.42. The minimum Gasteiger partial charge on any atom is -0.326 e. The Morgan fingerprint density at radius 3 is 2.71 bits per heavy atom. The number of H-pyrrole nitrogens is 1. The average molecular weight is 345 g/mol. The third-order valence-electron chi connectivity index (χ3n) is 4.30. The quantitative estimate of drug-likeness (QED) is 0.843. The number of anilines is 1. The minimum atomic E-state index is -0.320. The first-order valence-electron chi connectivity index (χ1n) is 8.32. The Kier molecular flexibility index (Phi) is 4.76. The van der Waals surface area contributed by atoms with Crippen LogP contribution >= 0.6 is 11.6 Å². The maximum Gasteiger partial charge on any atom is 0.255 e. The van der Waals surface area contributed by atoms with Crippen LogP contribution < -0.4 is 10.9 Å². The summed E-state index contributed by atoms with van der Waals surface area (Å²) < 4.78 is 0. The van der Waals surface area contributed by atoms with Crippen molar-refractivity contribution in [3.63, 3.8) is 0 Å². The Hall–Kier alpha value is -2.07. The summed E-state index contributed by atoms with van der Waals surface area (Å²) in [5, 5.41) is 3.36. The molecule has 2 N–H and O–H groups in total. The van der Waals surface area contributed by atoms with Gasteiger partial charge in [-0.05, 0) is 61.4 Å². The molecule has 126 valence electrons. The number of benzene rings is 1. The molecular weight excluding hydrogens is 324 g/mol. The van der Waals surface area contributed by atoms with Crippen molar-refractivity contribution in [2.24, 2.45) is 0 Å². The number of halogens is 1. The van der Waals surface area contributed by atoms with Gasteiger partial charge in [-0.2, -0.15) is 0 Å². The van der Waals surface area contributed by atoms with Gasteiger partial charge in [0.2, 0.25) is 5.56 Å². The van der Waals surface area contributed by atoms with Gasteiger partial charge >= 0.3 is 0 Å². The summed E-state index contributed by atoms with van der Waals surface area (Å²) in [5.41, 5.74) is 3.83. The Morgan fingerprint density at radius 1 is 1.29 bits per heavy atom. The Bertz CT molecular complexity index is 838. The second kappa shape index (κ2) is 6.81. The van der Waals surface area contributed by atoms with Crippen molar-refractivity contribution in [1.82, 2.24) is 4.98 Å². The fraction of sp³-hybridized carbons (Fsp3) is 0.368. The fourth-order valence-corrected chi connectivity index (χ4v) is 3.18. The molecule has 0 unspecified atom stereocenters. The molecule has 24 heavy (non-hydrogen) atoms. The molecule has 4 nitrogen and oxygen atoms in total. The molecule has 1 aromatic carbocycles. The van der Waals surface area contributed by atoms with Crippen molar-refractivity contribution in [1.29, 1.82) is 0 Å². The van der Waals surface area contributed by atoms with Gasteiger partial charge in [0, 0.05) is 17.3 Å². The molecule has 1 aliphatic carbocycles. The van der Waals surface area contributed by atoms with Gasteiger partial charge in [-0.1, -0.05) is 24.9 Å². The highest BCUT2D eigenvalue weighted by molar-refractivity contribution is 6.34. The van der Waals surface area contributed by atoms with E-state index in [9.17, 15) is 9.59 Å². The molecule has 0 radical (unpaired) electrons. The smallest absolute Gasteiger partial charge is 0.255 e. The van der Waals surface area contributed by atoms with Gasteiger partial charge in [0.05, 0.1) is 10.7 Å². The van der Waals surface area contributed by atoms with Gasteiger partial charge in [-0.15, -0.1) is 0 Å². The van der Waals surface area contributed by atoms with E-state index in [1.807, 2.05) is 26.0 Å². The lowest BCUT2D eigenvalue weighted by Crippen LogP contribution is -2.18. The summed E-state index contributed by atoms with van der Waals surface area (Å²) in [6, 6.07) is 6.89. The zero-order valence-corrected chi connectivity index (χ0v) is 14.7. The molecule has 1 amide bonds. The van der Waals surface area contributed by atoms with E-state index in [0.29, 0.717) is 22.2 Å². The first kappa shape index (κ1) is 16.8. The number of hydrogen-bond donors (Lipinski definition) is 2. The van der Waals surface area contributed by atoms with Crippen molar-refractivity contribution in [2.75, 3.05) is 5.32 Å². The van der Waals surface area contributed by atoms with Gasteiger partial charge in [-0.25, -0.2) is 0 Å². The van der Waals surface area contributed by atoms with Gasteiger partial charge in [0.15, 0.2) is 0 Å². The van der Waals surface area contributed by atoms with Crippen LogP contribution in [0.1, 0.15) is 59.3 Å². The van der Waals surface area contributed by atoms with Crippen LogP contribution in [0.2, 0.25) is 5.02 Å². The maximum absolute atomic E-state index is 12.5. The van der Waals surface area contributed by atoms with E-state index in [4.69, 9.17) is 11.6 Å². The number of rotatable bonds is 5. The lowest BCUT2D eigenvalue weighted by atomic mass is 10.0. The molecular formula is C19H21ClN2O2. The summed E-state index contributed by atoms with van der Waals surface area (Å²) in [4.78, 5) is 27.0. The number of aryl methyl sites for hydroxylation is 2. The third-order valence-corrected chi connectivity index (χ3v) is 4.62. The van der Waals surface area contributed by atoms with Crippen LogP contribution in [0, 0.1) is 6.92 Å². The standard InChI is InChI=1S/C19H21ClN2O2/c1-3-4-14-8-13(9-18(23)21-14)19(24)22-17-7-11(2)15(10-16(17)20)12-5-6-12/h7-10,12H,3-6H2,1-2H3,(H,21,23)(H,22,24). The van der Waals surface area contributed by atoms with E-state index in [2.05, 4.69) is 10.3 Å². The molecule has 1 fully saturated rings. The Balaban J connectivity index is 1.84. The van der Waals surface area contributed by atoms with E-state index in [1.165, 1.54) is 24.5 Å². The molecule has 1 aliphatic rings. The Labute approximate surface area is 146 Å². The number of amides is 1. The highest BCUT2D eigenvalue weighted by Gasteiger charge is 2.26. The van der Waals surface area contributed by atoms with Gasteiger partial charge in [0.25, 0.3) is 5.91 Å². The monoisotopic (exact) mass is 344 g/mol. The summed E-state index contributed by atoms with van der Waals surface area (Å²) in [6.45, 7) is 4.06. The number of nitrogens with one attached hydrogen (secondary N) is 2. The van der Waals surface area contributed by atoms with Crippen LogP contribution in [-0.4, -0.2) is 10.9 Å². The predicted molar refractivity (Wildman–Crippen MR) is 97.2 cm³/mol. The minimum absolute atomic E-state index is 0.266. The van der Waals surface area contributed by atoms with Crippen LogP contribution in [-0.2, 0) is 6.42 Å². The Morgan fingerprint density at radius 2 is 2.04 bits per heavy atom. The topological polar surface area (TPSA) is 62.0 Å². The van der Waals surface area contributed by atoms with Crippen LogP contribution in [0.25, 0.3) is 0 Å². The number of aromatic amines is 1. The second-order valence-corrected chi connectivity index (χ2v) is 6.83. The summed E-state index contributed by atoms with van der Waals surface area (Å²) >= 11 is 6.33. The first-order valence-corrected chi connectivity index (χ1v) is 8.70. The zero-order chi connectivity index (χ0) is 17.3. The van der Waals surface area contributed by atoms with E-state index >= 15 is 0 Å². The lowest BCUT2D eigenvalue weighted by Gasteiger charge is -2.12. The maximum atomic E-state index is 12.5. The number of hydrogen-bond acceptors (Lipinski definition) is 2. The van der Waals surface area contributed by atoms with Crippen LogP contribution in [0.5, 0.6) is 0 Å². The average Bonchev–Trinajstić information content (AvgIpc) is 3.35. The molecule has 1 aromatic heterocycles. The van der Waals surface area contributed by atoms with Crippen molar-refractivity contribution in [3.05, 3.63) is 62.0 Å². The number of aromatic nitrogens is 1. The van der Waals surface area contributed by atoms with Crippen LogP contribution in [0.3, 0.4) is 0 Å². The lowest BCUT2D eigenvalue weighted by molar-refractivity contribution is 0.102. The summed E-state index contributed by atoms with van der Waals surface area (Å²) in [5.74, 6) is 0.287. The van der Waals surface area contributed by atoms with E-state index in [-0.39, 0.29) is 11.5 Å². The molecule has 2 aromatic rings. The van der Waals surface area contributed by atoms with E-state index in [1.54, 1.807) is 6.07 Å². The van der Waals surface area contributed by atoms with Crippen LogP contribution in [0.4, 0.5) is 5.69 Å². The van der Waals surface area contributed by atoms with E-state index in [0.717, 1.165) is 24.1 Å². The molecule has 0 saturated heterocycles. The van der Waals surface area contributed by atoms with Crippen molar-refractivity contribution in [3.8, 4) is 0 Å². The number of pyridine rings is 1. The van der Waals surface area contributed by atoms with Crippen molar-refractivity contribution >= 4 is 23.2 Å². The molecule has 0 spiro atoms. The highest BCUT2D eigenvalue weighted by atomic mass is 35.5. The first-order chi connectivity index (χ1) is 11.5. The van der Waals surface area contributed by atoms with Gasteiger partial charge < -0.3 is 10.3 Å². The summed E-state index contributed by atoms with van der Waals surface area (Å²) in [7, 11) is 0. The zero-order valence-electron chi connectivity index (χ0n) is 13.9. The van der Waals surface area contributed by atoms with Gasteiger partial charge in [-0.3, -0.25) is 9.59 Å². The molecule has 0 bridgehead atoms. The summed E-state index contributed by atoms with van der Waals surface area (Å²) in [6.07, 6.45) is 4.03. The normalized spacial score (nSPS) is 13.8. The largest absolute Gasteiger partial charge is 0.326 e. The van der Waals surface area contributed by atoms with Crippen molar-refractivity contribution in [2.45, 2.75) is 45.4 Å². The molecule has 1 heterocycles. The second-order valence-electron chi connectivity index (χ2n) is 6.43. The number of carbonyl (C=O) groups is 1. The third kappa shape index (κ3) is 3.70. The molecule has 3 rings (SSSR count). The molecule has 5 heteroatoms. The fourth-order valence-electron chi connectivity index (χ4n) is 2.96. The SMILES string of the molecule is CCCc1cc(C(=O)Nc2cc(C)c(C3CC3)cc2Cl)cc(=O)[nH]1. The highest BCUT2D eigenvalue weighted by Crippen LogP contribution is 2.43.